The van der Waals surface area contributed by atoms with Crippen molar-refractivity contribution >= 4 is 11.5 Å². The average Bonchev–Trinajstić information content (AvgIpc) is 2.30. The van der Waals surface area contributed by atoms with Gasteiger partial charge in [-0.15, -0.1) is 0 Å². The third-order valence-electron chi connectivity index (χ3n) is 2.37. The Hall–Kier alpha value is -2.46. The van der Waals surface area contributed by atoms with Gasteiger partial charge in [0, 0.05) is 6.07 Å². The number of alkyl halides is 3. The summed E-state index contributed by atoms with van der Waals surface area (Å²) in [6, 6.07) is 0.433. The van der Waals surface area contributed by atoms with Gasteiger partial charge in [0.25, 0.3) is 0 Å². The Kier molecular flexibility index (Phi) is 4.66. The van der Waals surface area contributed by atoms with E-state index in [9.17, 15) is 32.1 Å². The molecular weight excluding hydrogens is 305 g/mol. The van der Waals surface area contributed by atoms with Crippen LogP contribution < -0.4 is 10.5 Å². The van der Waals surface area contributed by atoms with Crippen LogP contribution in [0.15, 0.2) is 12.1 Å². The van der Waals surface area contributed by atoms with Crippen LogP contribution in [0.2, 0.25) is 0 Å². The van der Waals surface area contributed by atoms with Crippen molar-refractivity contribution in [2.24, 2.45) is 11.7 Å². The first-order chi connectivity index (χ1) is 9.54. The predicted octanol–water partition coefficient (Wildman–Crippen LogP) is 2.37. The molecule has 0 heterocycles. The van der Waals surface area contributed by atoms with Gasteiger partial charge in [-0.25, -0.2) is 4.39 Å². The monoisotopic (exact) mass is 313 g/mol. The predicted molar refractivity (Wildman–Crippen MR) is 60.0 cm³/mol. The Labute approximate surface area is 114 Å². The Balaban J connectivity index is 2.96. The molecule has 116 valence electrons. The number of halogens is 5. The lowest BCUT2D eigenvalue weighted by molar-refractivity contribution is -0.387. The molecule has 1 aromatic carbocycles. The molecule has 0 aliphatic carbocycles. The van der Waals surface area contributed by atoms with E-state index < -0.39 is 52.5 Å². The highest BCUT2D eigenvalue weighted by Gasteiger charge is 2.42. The number of hydrogen-bond acceptors (Lipinski definition) is 4. The molecule has 1 unspecified atom stereocenters. The molecular formula is C10H8F5N3O3. The van der Waals surface area contributed by atoms with Gasteiger partial charge in [0.15, 0.2) is 11.6 Å². The van der Waals surface area contributed by atoms with E-state index in [0.29, 0.717) is 0 Å². The lowest BCUT2D eigenvalue weighted by Gasteiger charge is -2.19. The van der Waals surface area contributed by atoms with E-state index in [0.717, 1.165) is 0 Å². The summed E-state index contributed by atoms with van der Waals surface area (Å²) in [5.41, 5.74) is 3.56. The van der Waals surface area contributed by atoms with Crippen LogP contribution in [-0.2, 0) is 0 Å². The number of nitrogens with zero attached hydrogens (tertiary/aromatic N) is 1. The largest absolute Gasteiger partial charge is 0.489 e. The first-order valence-corrected chi connectivity index (χ1v) is 5.21. The zero-order valence-electron chi connectivity index (χ0n) is 10.1. The van der Waals surface area contributed by atoms with Crippen molar-refractivity contribution in [2.45, 2.75) is 6.18 Å². The maximum Gasteiger partial charge on any atom is 0.401 e. The van der Waals surface area contributed by atoms with Crippen molar-refractivity contribution in [2.75, 3.05) is 6.61 Å². The molecule has 0 fully saturated rings. The normalized spacial score (nSPS) is 12.8. The number of nitrogens with two attached hydrogens (primary N) is 1. The van der Waals surface area contributed by atoms with Gasteiger partial charge in [-0.05, 0) is 0 Å². The Morgan fingerprint density at radius 2 is 1.95 bits per heavy atom. The molecule has 1 aromatic rings. The number of nitro groups is 1. The van der Waals surface area contributed by atoms with Crippen molar-refractivity contribution in [3.05, 3.63) is 33.9 Å². The maximum absolute atomic E-state index is 13.4. The molecule has 1 atom stereocenters. The minimum Gasteiger partial charge on any atom is -0.489 e. The van der Waals surface area contributed by atoms with Gasteiger partial charge in [-0.1, -0.05) is 0 Å². The van der Waals surface area contributed by atoms with Crippen molar-refractivity contribution in [1.82, 2.24) is 0 Å². The molecule has 3 N–H and O–H groups in total. The van der Waals surface area contributed by atoms with Crippen molar-refractivity contribution in [1.29, 1.82) is 5.41 Å². The first kappa shape index (κ1) is 16.6. The minimum atomic E-state index is -4.90. The smallest absolute Gasteiger partial charge is 0.401 e. The fourth-order valence-corrected chi connectivity index (χ4v) is 1.30. The third kappa shape index (κ3) is 4.00. The first-order valence-electron chi connectivity index (χ1n) is 5.21. The molecule has 6 nitrogen and oxygen atoms in total. The maximum atomic E-state index is 13.4. The summed E-state index contributed by atoms with van der Waals surface area (Å²) in [5, 5.41) is 17.1. The zero-order valence-corrected chi connectivity index (χ0v) is 10.1. The van der Waals surface area contributed by atoms with Crippen molar-refractivity contribution in [3.63, 3.8) is 0 Å². The second-order valence-electron chi connectivity index (χ2n) is 3.85. The van der Waals surface area contributed by atoms with E-state index in [2.05, 4.69) is 4.74 Å². The second-order valence-corrected chi connectivity index (χ2v) is 3.85. The van der Waals surface area contributed by atoms with Gasteiger partial charge in [-0.3, -0.25) is 15.5 Å². The van der Waals surface area contributed by atoms with Crippen LogP contribution in [-0.4, -0.2) is 23.5 Å². The zero-order chi connectivity index (χ0) is 16.4. The molecule has 0 aliphatic heterocycles. The van der Waals surface area contributed by atoms with E-state index in [4.69, 9.17) is 11.1 Å². The third-order valence-corrected chi connectivity index (χ3v) is 2.37. The van der Waals surface area contributed by atoms with Crippen molar-refractivity contribution < 1.29 is 31.6 Å². The quantitative estimate of drug-likeness (QED) is 0.286. The number of ether oxygens (including phenoxy) is 1. The van der Waals surface area contributed by atoms with E-state index in [-0.39, 0.29) is 12.1 Å². The number of nitrogens with one attached hydrogen (secondary N) is 1. The number of hydrogen-bond donors (Lipinski definition) is 2. The van der Waals surface area contributed by atoms with Crippen LogP contribution in [0.1, 0.15) is 0 Å². The van der Waals surface area contributed by atoms with Gasteiger partial charge in [0.1, 0.15) is 18.4 Å². The molecule has 0 radical (unpaired) electrons. The summed E-state index contributed by atoms with van der Waals surface area (Å²) in [7, 11) is 0. The van der Waals surface area contributed by atoms with Crippen LogP contribution >= 0.6 is 0 Å². The van der Waals surface area contributed by atoms with Gasteiger partial charge in [0.2, 0.25) is 5.82 Å². The summed E-state index contributed by atoms with van der Waals surface area (Å²) >= 11 is 0. The molecule has 0 saturated heterocycles. The molecule has 0 bridgehead atoms. The van der Waals surface area contributed by atoms with Crippen LogP contribution in [0.3, 0.4) is 0 Å². The highest BCUT2D eigenvalue weighted by Crippen LogP contribution is 2.30. The molecule has 0 saturated carbocycles. The molecule has 0 aromatic heterocycles. The van der Waals surface area contributed by atoms with Gasteiger partial charge < -0.3 is 10.5 Å². The fraction of sp³-hybridized carbons (Fsp3) is 0.300. The van der Waals surface area contributed by atoms with Gasteiger partial charge >= 0.3 is 11.9 Å². The molecule has 11 heteroatoms. The Morgan fingerprint density at radius 3 is 2.38 bits per heavy atom. The Bertz CT molecular complexity index is 576. The topological polar surface area (TPSA) is 102 Å². The average molecular weight is 313 g/mol. The summed E-state index contributed by atoms with van der Waals surface area (Å²) < 4.78 is 68.4. The fourth-order valence-electron chi connectivity index (χ4n) is 1.30. The molecule has 1 rings (SSSR count). The number of benzene rings is 1. The lowest BCUT2D eigenvalue weighted by Crippen LogP contribution is -2.39. The molecule has 0 amide bonds. The highest BCUT2D eigenvalue weighted by atomic mass is 19.4. The molecule has 0 aliphatic rings. The second kappa shape index (κ2) is 5.89. The SMILES string of the molecule is N=C(N)C(COc1cc(F)c([N+](=O)[O-])cc1F)C(F)(F)F. The Morgan fingerprint density at radius 1 is 1.38 bits per heavy atom. The van der Waals surface area contributed by atoms with Crippen LogP contribution in [0, 0.1) is 33.1 Å². The van der Waals surface area contributed by atoms with E-state index in [1.807, 2.05) is 0 Å². The van der Waals surface area contributed by atoms with Crippen LogP contribution in [0.25, 0.3) is 0 Å². The molecule has 0 spiro atoms. The summed E-state index contributed by atoms with van der Waals surface area (Å²) in [6.07, 6.45) is -4.90. The lowest BCUT2D eigenvalue weighted by atomic mass is 10.1. The minimum absolute atomic E-state index is 0.182. The summed E-state index contributed by atoms with van der Waals surface area (Å²) in [5.74, 6) is -7.59. The number of rotatable bonds is 5. The standard InChI is InChI=1S/C10H8F5N3O3/c11-5-2-8(6(12)1-7(5)18(19)20)21-3-4(9(16)17)10(13,14)15/h1-2,4H,3H2,(H3,16,17). The number of nitro benzene ring substituents is 1. The highest BCUT2D eigenvalue weighted by molar-refractivity contribution is 5.80. The van der Waals surface area contributed by atoms with E-state index in [1.54, 1.807) is 0 Å². The van der Waals surface area contributed by atoms with Crippen LogP contribution in [0.5, 0.6) is 5.75 Å². The summed E-state index contributed by atoms with van der Waals surface area (Å²) in [6.45, 7) is -1.26. The van der Waals surface area contributed by atoms with Gasteiger partial charge in [0.05, 0.1) is 11.0 Å². The van der Waals surface area contributed by atoms with E-state index >= 15 is 0 Å². The summed E-state index contributed by atoms with van der Waals surface area (Å²) in [4.78, 5) is 9.14. The van der Waals surface area contributed by atoms with Crippen molar-refractivity contribution in [3.8, 4) is 5.75 Å². The molecule has 21 heavy (non-hydrogen) atoms. The number of amidine groups is 1. The van der Waals surface area contributed by atoms with Crippen LogP contribution in [0.4, 0.5) is 27.6 Å². The van der Waals surface area contributed by atoms with E-state index in [1.165, 1.54) is 0 Å². The van der Waals surface area contributed by atoms with Gasteiger partial charge in [-0.2, -0.15) is 17.6 Å².